The van der Waals surface area contributed by atoms with Gasteiger partial charge >= 0.3 is 0 Å². The molecule has 7 heteroatoms. The molecule has 21 heavy (non-hydrogen) atoms. The average Bonchev–Trinajstić information content (AvgIpc) is 3.01. The van der Waals surface area contributed by atoms with Gasteiger partial charge in [0.25, 0.3) is 0 Å². The minimum atomic E-state index is 0.283. The summed E-state index contributed by atoms with van der Waals surface area (Å²) in [5, 5.41) is 3.10. The number of hydrogen-bond acceptors (Lipinski definition) is 5. The lowest BCUT2D eigenvalue weighted by Gasteiger charge is -2.35. The van der Waals surface area contributed by atoms with Crippen molar-refractivity contribution in [1.82, 2.24) is 9.88 Å². The number of rotatable bonds is 6. The van der Waals surface area contributed by atoms with Crippen LogP contribution in [0.5, 0.6) is 0 Å². The first-order valence-corrected chi connectivity index (χ1v) is 8.35. The van der Waals surface area contributed by atoms with Crippen molar-refractivity contribution in [3.8, 4) is 0 Å². The van der Waals surface area contributed by atoms with Gasteiger partial charge in [0.2, 0.25) is 0 Å². The van der Waals surface area contributed by atoms with Gasteiger partial charge in [-0.15, -0.1) is 11.3 Å². The number of piperazine rings is 1. The first-order chi connectivity index (χ1) is 10.2. The van der Waals surface area contributed by atoms with Crippen molar-refractivity contribution in [2.45, 2.75) is 26.4 Å². The first kappa shape index (κ1) is 16.0. The molecule has 0 aliphatic carbocycles. The van der Waals surface area contributed by atoms with Crippen molar-refractivity contribution in [3.05, 3.63) is 11.6 Å². The monoisotopic (exact) mass is 311 g/mol. The molecular formula is C14H25N5OS. The van der Waals surface area contributed by atoms with Crippen LogP contribution in [0.1, 0.15) is 20.3 Å². The maximum Gasteiger partial charge on any atom is 0.191 e. The highest BCUT2D eigenvalue weighted by Crippen LogP contribution is 2.18. The van der Waals surface area contributed by atoms with E-state index in [0.29, 0.717) is 5.96 Å². The standard InChI is InChI=1S/C14H25N5OS/c1-12(2)20-10-3-4-16-13(15)18-6-8-19(9-7-18)14-17-5-11-21-14/h5,11-12H,3-4,6-10H2,1-2H3,(H2,15,16). The van der Waals surface area contributed by atoms with Gasteiger partial charge in [0.1, 0.15) is 0 Å². The van der Waals surface area contributed by atoms with Gasteiger partial charge in [-0.25, -0.2) is 4.98 Å². The van der Waals surface area contributed by atoms with Crippen molar-refractivity contribution in [3.63, 3.8) is 0 Å². The lowest BCUT2D eigenvalue weighted by molar-refractivity contribution is 0.0782. The second kappa shape index (κ2) is 8.19. The van der Waals surface area contributed by atoms with E-state index in [4.69, 9.17) is 10.5 Å². The Balaban J connectivity index is 1.68. The van der Waals surface area contributed by atoms with Crippen LogP contribution in [0.2, 0.25) is 0 Å². The molecular weight excluding hydrogens is 286 g/mol. The zero-order chi connectivity index (χ0) is 15.1. The molecule has 0 aromatic carbocycles. The number of anilines is 1. The van der Waals surface area contributed by atoms with Gasteiger partial charge < -0.3 is 20.3 Å². The molecule has 0 amide bonds. The molecule has 2 heterocycles. The Bertz CT molecular complexity index is 427. The Hall–Kier alpha value is -1.34. The molecule has 1 aromatic heterocycles. The van der Waals surface area contributed by atoms with Crippen molar-refractivity contribution in [2.24, 2.45) is 10.7 Å². The predicted molar refractivity (Wildman–Crippen MR) is 88.1 cm³/mol. The quantitative estimate of drug-likeness (QED) is 0.488. The molecule has 6 nitrogen and oxygen atoms in total. The van der Waals surface area contributed by atoms with Crippen molar-refractivity contribution in [2.75, 3.05) is 44.2 Å². The van der Waals surface area contributed by atoms with Gasteiger partial charge in [-0.05, 0) is 20.3 Å². The van der Waals surface area contributed by atoms with Gasteiger partial charge in [-0.1, -0.05) is 0 Å². The molecule has 0 atom stereocenters. The lowest BCUT2D eigenvalue weighted by Crippen LogP contribution is -2.51. The summed E-state index contributed by atoms with van der Waals surface area (Å²) in [5.74, 6) is 0.651. The molecule has 1 aromatic rings. The topological polar surface area (TPSA) is 67.0 Å². The van der Waals surface area contributed by atoms with Crippen LogP contribution in [0.25, 0.3) is 0 Å². The summed E-state index contributed by atoms with van der Waals surface area (Å²) in [7, 11) is 0. The third-order valence-corrected chi connectivity index (χ3v) is 4.15. The molecule has 1 aliphatic heterocycles. The maximum atomic E-state index is 6.06. The Morgan fingerprint density at radius 1 is 1.43 bits per heavy atom. The van der Waals surface area contributed by atoms with E-state index in [1.807, 2.05) is 25.4 Å². The maximum absolute atomic E-state index is 6.06. The van der Waals surface area contributed by atoms with Crippen LogP contribution in [0.4, 0.5) is 5.13 Å². The number of ether oxygens (including phenoxy) is 1. The largest absolute Gasteiger partial charge is 0.379 e. The molecule has 1 saturated heterocycles. The second-order valence-corrected chi connectivity index (χ2v) is 6.17. The third-order valence-electron chi connectivity index (χ3n) is 3.32. The molecule has 2 N–H and O–H groups in total. The molecule has 1 aliphatic rings. The van der Waals surface area contributed by atoms with Gasteiger partial charge in [0.05, 0.1) is 6.10 Å². The van der Waals surface area contributed by atoms with Gasteiger partial charge in [-0.3, -0.25) is 4.99 Å². The van der Waals surface area contributed by atoms with E-state index in [9.17, 15) is 0 Å². The van der Waals surface area contributed by atoms with Crippen molar-refractivity contribution >= 4 is 22.4 Å². The Morgan fingerprint density at radius 2 is 2.19 bits per heavy atom. The van der Waals surface area contributed by atoms with E-state index >= 15 is 0 Å². The summed E-state index contributed by atoms with van der Waals surface area (Å²) in [5.41, 5.74) is 6.06. The van der Waals surface area contributed by atoms with E-state index in [0.717, 1.165) is 50.9 Å². The summed E-state index contributed by atoms with van der Waals surface area (Å²) in [6.45, 7) is 9.24. The molecule has 0 radical (unpaired) electrons. The fraction of sp³-hybridized carbons (Fsp3) is 0.714. The Labute approximate surface area is 130 Å². The fourth-order valence-electron chi connectivity index (χ4n) is 2.18. The van der Waals surface area contributed by atoms with Crippen LogP contribution < -0.4 is 10.6 Å². The van der Waals surface area contributed by atoms with Crippen molar-refractivity contribution in [1.29, 1.82) is 0 Å². The number of thiazole rings is 1. The summed E-state index contributed by atoms with van der Waals surface area (Å²) in [6.07, 6.45) is 3.05. The SMILES string of the molecule is CC(C)OCCCN=C(N)N1CCN(c2nccs2)CC1. The number of aromatic nitrogens is 1. The number of guanidine groups is 1. The van der Waals surface area contributed by atoms with Gasteiger partial charge in [0, 0.05) is 50.9 Å². The van der Waals surface area contributed by atoms with Crippen LogP contribution in [-0.4, -0.2) is 61.3 Å². The zero-order valence-corrected chi connectivity index (χ0v) is 13.7. The molecule has 0 bridgehead atoms. The number of nitrogens with zero attached hydrogens (tertiary/aromatic N) is 4. The number of hydrogen-bond donors (Lipinski definition) is 1. The van der Waals surface area contributed by atoms with Crippen LogP contribution >= 0.6 is 11.3 Å². The molecule has 2 rings (SSSR count). The first-order valence-electron chi connectivity index (χ1n) is 7.47. The van der Waals surface area contributed by atoms with Gasteiger partial charge in [0.15, 0.2) is 11.1 Å². The highest BCUT2D eigenvalue weighted by molar-refractivity contribution is 7.13. The molecule has 0 saturated carbocycles. The minimum Gasteiger partial charge on any atom is -0.379 e. The van der Waals surface area contributed by atoms with E-state index < -0.39 is 0 Å². The number of aliphatic imine (C=N–C) groups is 1. The summed E-state index contributed by atoms with van der Waals surface area (Å²) < 4.78 is 5.49. The van der Waals surface area contributed by atoms with Crippen molar-refractivity contribution < 1.29 is 4.74 Å². The van der Waals surface area contributed by atoms with Crippen LogP contribution in [-0.2, 0) is 4.74 Å². The van der Waals surface area contributed by atoms with Crippen LogP contribution in [0, 0.1) is 0 Å². The third kappa shape index (κ3) is 5.17. The van der Waals surface area contributed by atoms with E-state index in [-0.39, 0.29) is 6.10 Å². The van der Waals surface area contributed by atoms with E-state index in [2.05, 4.69) is 19.8 Å². The average molecular weight is 311 g/mol. The smallest absolute Gasteiger partial charge is 0.191 e. The Kier molecular flexibility index (Phi) is 6.25. The minimum absolute atomic E-state index is 0.283. The van der Waals surface area contributed by atoms with Crippen LogP contribution in [0.15, 0.2) is 16.6 Å². The number of nitrogens with two attached hydrogens (primary N) is 1. The van der Waals surface area contributed by atoms with E-state index in [1.54, 1.807) is 11.3 Å². The lowest BCUT2D eigenvalue weighted by atomic mass is 10.3. The van der Waals surface area contributed by atoms with E-state index in [1.165, 1.54) is 0 Å². The summed E-state index contributed by atoms with van der Waals surface area (Å²) in [4.78, 5) is 13.2. The molecule has 0 spiro atoms. The summed E-state index contributed by atoms with van der Waals surface area (Å²) in [6, 6.07) is 0. The summed E-state index contributed by atoms with van der Waals surface area (Å²) >= 11 is 1.68. The molecule has 0 unspecified atom stereocenters. The van der Waals surface area contributed by atoms with Crippen LogP contribution in [0.3, 0.4) is 0 Å². The highest BCUT2D eigenvalue weighted by Gasteiger charge is 2.19. The molecule has 118 valence electrons. The zero-order valence-electron chi connectivity index (χ0n) is 12.9. The fourth-order valence-corrected chi connectivity index (χ4v) is 2.87. The predicted octanol–water partition coefficient (Wildman–Crippen LogP) is 1.39. The Morgan fingerprint density at radius 3 is 2.81 bits per heavy atom. The second-order valence-electron chi connectivity index (χ2n) is 5.30. The normalized spacial score (nSPS) is 16.8. The molecule has 1 fully saturated rings. The van der Waals surface area contributed by atoms with Gasteiger partial charge in [-0.2, -0.15) is 0 Å². The highest BCUT2D eigenvalue weighted by atomic mass is 32.1.